The Kier molecular flexibility index (Phi) is 4.76. The number of hydrogen-bond donors (Lipinski definition) is 0. The number of likely N-dealkylation sites (tertiary alicyclic amines) is 1. The zero-order valence-corrected chi connectivity index (χ0v) is 11.0. The summed E-state index contributed by atoms with van der Waals surface area (Å²) in [5.74, 6) is -0.155. The monoisotopic (exact) mass is 247 g/mol. The zero-order chi connectivity index (χ0) is 12.8. The largest absolute Gasteiger partial charge is 0.462 e. The molecule has 1 aromatic carbocycles. The second-order valence-electron chi connectivity index (χ2n) is 4.89. The Hall–Kier alpha value is -1.35. The minimum Gasteiger partial charge on any atom is -0.462 e. The van der Waals surface area contributed by atoms with Crippen LogP contribution in [0.2, 0.25) is 0 Å². The summed E-state index contributed by atoms with van der Waals surface area (Å²) in [4.78, 5) is 13.3. The summed E-state index contributed by atoms with van der Waals surface area (Å²) in [7, 11) is 0. The molecule has 0 radical (unpaired) electrons. The number of benzene rings is 1. The van der Waals surface area contributed by atoms with Gasteiger partial charge in [-0.25, -0.2) is 0 Å². The molecule has 0 atom stereocenters. The highest BCUT2D eigenvalue weighted by molar-refractivity contribution is 5.66. The van der Waals surface area contributed by atoms with Gasteiger partial charge in [-0.05, 0) is 24.8 Å². The van der Waals surface area contributed by atoms with Crippen LogP contribution in [-0.2, 0) is 16.0 Å². The van der Waals surface area contributed by atoms with Crippen LogP contribution in [0.25, 0.3) is 0 Å². The van der Waals surface area contributed by atoms with Crippen LogP contribution < -0.4 is 0 Å². The van der Waals surface area contributed by atoms with Gasteiger partial charge in [0.2, 0.25) is 0 Å². The molecule has 1 saturated heterocycles. The van der Waals surface area contributed by atoms with E-state index < -0.39 is 0 Å². The van der Waals surface area contributed by atoms with E-state index in [-0.39, 0.29) is 12.1 Å². The number of piperidine rings is 1. The molecule has 3 heteroatoms. The molecule has 0 N–H and O–H groups in total. The SMILES string of the molecule is CC(=O)OC1CCN(CCc2ccccc2)CC1. The highest BCUT2D eigenvalue weighted by Crippen LogP contribution is 2.14. The van der Waals surface area contributed by atoms with Crippen LogP contribution in [0.1, 0.15) is 25.3 Å². The molecule has 0 saturated carbocycles. The Morgan fingerprint density at radius 3 is 2.56 bits per heavy atom. The Morgan fingerprint density at radius 1 is 1.28 bits per heavy atom. The van der Waals surface area contributed by atoms with Gasteiger partial charge in [0.1, 0.15) is 6.10 Å². The molecule has 3 nitrogen and oxygen atoms in total. The number of esters is 1. The number of rotatable bonds is 4. The molecular formula is C15H21NO2. The summed E-state index contributed by atoms with van der Waals surface area (Å²) in [6.07, 6.45) is 3.16. The van der Waals surface area contributed by atoms with Crippen LogP contribution in [0.15, 0.2) is 30.3 Å². The predicted molar refractivity (Wildman–Crippen MR) is 71.4 cm³/mol. The standard InChI is InChI=1S/C15H21NO2/c1-13(17)18-15-8-11-16(12-9-15)10-7-14-5-3-2-4-6-14/h2-6,15H,7-12H2,1H3. The first kappa shape index (κ1) is 13.1. The van der Waals surface area contributed by atoms with E-state index in [0.717, 1.165) is 38.9 Å². The van der Waals surface area contributed by atoms with Gasteiger partial charge in [0.05, 0.1) is 0 Å². The normalized spacial score (nSPS) is 17.6. The van der Waals surface area contributed by atoms with Crippen molar-refractivity contribution in [3.8, 4) is 0 Å². The van der Waals surface area contributed by atoms with Gasteiger partial charge in [-0.1, -0.05) is 30.3 Å². The minimum atomic E-state index is -0.155. The van der Waals surface area contributed by atoms with Crippen LogP contribution in [0.5, 0.6) is 0 Å². The van der Waals surface area contributed by atoms with Crippen molar-refractivity contribution in [2.24, 2.45) is 0 Å². The Bertz CT molecular complexity index is 369. The van der Waals surface area contributed by atoms with Crippen LogP contribution in [0, 0.1) is 0 Å². The van der Waals surface area contributed by atoms with Crippen LogP contribution in [0.4, 0.5) is 0 Å². The Labute approximate surface area is 109 Å². The molecule has 0 bridgehead atoms. The summed E-state index contributed by atoms with van der Waals surface area (Å²) in [6, 6.07) is 10.6. The number of ether oxygens (including phenoxy) is 1. The van der Waals surface area contributed by atoms with Gasteiger partial charge >= 0.3 is 5.97 Å². The van der Waals surface area contributed by atoms with Gasteiger partial charge in [0.25, 0.3) is 0 Å². The summed E-state index contributed by atoms with van der Waals surface area (Å²) in [6.45, 7) is 4.65. The number of hydrogen-bond acceptors (Lipinski definition) is 3. The molecule has 0 unspecified atom stereocenters. The third-order valence-electron chi connectivity index (χ3n) is 3.43. The number of nitrogens with zero attached hydrogens (tertiary/aromatic N) is 1. The van der Waals surface area contributed by atoms with E-state index in [4.69, 9.17) is 4.74 Å². The molecular weight excluding hydrogens is 226 g/mol. The van der Waals surface area contributed by atoms with E-state index in [1.165, 1.54) is 12.5 Å². The van der Waals surface area contributed by atoms with E-state index in [1.54, 1.807) is 0 Å². The summed E-state index contributed by atoms with van der Waals surface area (Å²) < 4.78 is 5.24. The molecule has 0 aromatic heterocycles. The lowest BCUT2D eigenvalue weighted by molar-refractivity contribution is -0.148. The van der Waals surface area contributed by atoms with E-state index in [0.29, 0.717) is 0 Å². The molecule has 98 valence electrons. The van der Waals surface area contributed by atoms with E-state index in [1.807, 2.05) is 6.07 Å². The van der Waals surface area contributed by atoms with Gasteiger partial charge in [0, 0.05) is 26.6 Å². The van der Waals surface area contributed by atoms with Crippen molar-refractivity contribution in [2.75, 3.05) is 19.6 Å². The summed E-state index contributed by atoms with van der Waals surface area (Å²) >= 11 is 0. The lowest BCUT2D eigenvalue weighted by Gasteiger charge is -2.31. The maximum absolute atomic E-state index is 10.9. The first-order valence-corrected chi connectivity index (χ1v) is 6.67. The van der Waals surface area contributed by atoms with Gasteiger partial charge in [-0.15, -0.1) is 0 Å². The minimum absolute atomic E-state index is 0.135. The van der Waals surface area contributed by atoms with Crippen LogP contribution in [0.3, 0.4) is 0 Å². The Balaban J connectivity index is 1.69. The van der Waals surface area contributed by atoms with E-state index in [2.05, 4.69) is 29.2 Å². The van der Waals surface area contributed by atoms with Crippen molar-refractivity contribution >= 4 is 5.97 Å². The van der Waals surface area contributed by atoms with Crippen molar-refractivity contribution in [1.82, 2.24) is 4.90 Å². The van der Waals surface area contributed by atoms with E-state index in [9.17, 15) is 4.79 Å². The molecule has 0 amide bonds. The highest BCUT2D eigenvalue weighted by atomic mass is 16.5. The average molecular weight is 247 g/mol. The second kappa shape index (κ2) is 6.55. The first-order chi connectivity index (χ1) is 8.74. The first-order valence-electron chi connectivity index (χ1n) is 6.67. The van der Waals surface area contributed by atoms with Gasteiger partial charge < -0.3 is 9.64 Å². The highest BCUT2D eigenvalue weighted by Gasteiger charge is 2.20. The average Bonchev–Trinajstić information content (AvgIpc) is 2.38. The quantitative estimate of drug-likeness (QED) is 0.764. The van der Waals surface area contributed by atoms with Gasteiger partial charge in [-0.3, -0.25) is 4.79 Å². The third kappa shape index (κ3) is 4.15. The summed E-state index contributed by atoms with van der Waals surface area (Å²) in [5, 5.41) is 0. The smallest absolute Gasteiger partial charge is 0.302 e. The molecule has 0 aliphatic carbocycles. The molecule has 2 rings (SSSR count). The molecule has 1 aliphatic rings. The van der Waals surface area contributed by atoms with Gasteiger partial charge in [0.15, 0.2) is 0 Å². The molecule has 1 aromatic rings. The van der Waals surface area contributed by atoms with E-state index >= 15 is 0 Å². The Morgan fingerprint density at radius 2 is 1.94 bits per heavy atom. The maximum atomic E-state index is 10.9. The fourth-order valence-corrected chi connectivity index (χ4v) is 2.42. The number of carbonyl (C=O) groups excluding carboxylic acids is 1. The van der Waals surface area contributed by atoms with Crippen LogP contribution >= 0.6 is 0 Å². The summed E-state index contributed by atoms with van der Waals surface area (Å²) in [5.41, 5.74) is 1.39. The molecule has 18 heavy (non-hydrogen) atoms. The molecule has 1 fully saturated rings. The topological polar surface area (TPSA) is 29.5 Å². The van der Waals surface area contributed by atoms with Crippen LogP contribution in [-0.4, -0.2) is 36.6 Å². The lowest BCUT2D eigenvalue weighted by Crippen LogP contribution is -2.38. The molecule has 0 spiro atoms. The lowest BCUT2D eigenvalue weighted by atomic mass is 10.1. The molecule has 1 heterocycles. The fraction of sp³-hybridized carbons (Fsp3) is 0.533. The molecule has 1 aliphatic heterocycles. The fourth-order valence-electron chi connectivity index (χ4n) is 2.42. The second-order valence-corrected chi connectivity index (χ2v) is 4.89. The van der Waals surface area contributed by atoms with Crippen molar-refractivity contribution in [2.45, 2.75) is 32.3 Å². The van der Waals surface area contributed by atoms with Crippen molar-refractivity contribution in [3.63, 3.8) is 0 Å². The third-order valence-corrected chi connectivity index (χ3v) is 3.43. The van der Waals surface area contributed by atoms with Crippen molar-refractivity contribution in [3.05, 3.63) is 35.9 Å². The zero-order valence-electron chi connectivity index (χ0n) is 11.0. The van der Waals surface area contributed by atoms with Crippen molar-refractivity contribution < 1.29 is 9.53 Å². The van der Waals surface area contributed by atoms with Crippen molar-refractivity contribution in [1.29, 1.82) is 0 Å². The maximum Gasteiger partial charge on any atom is 0.302 e. The van der Waals surface area contributed by atoms with Gasteiger partial charge in [-0.2, -0.15) is 0 Å². The number of carbonyl (C=O) groups is 1. The predicted octanol–water partition coefficient (Wildman–Crippen LogP) is 2.26.